The number of benzene rings is 1. The number of aryl methyl sites for hydroxylation is 2. The van der Waals surface area contributed by atoms with Crippen LogP contribution in [-0.4, -0.2) is 31.8 Å². The van der Waals surface area contributed by atoms with Crippen LogP contribution in [0.15, 0.2) is 30.7 Å². The molecule has 0 spiro atoms. The Balaban J connectivity index is 1.44. The second-order valence-electron chi connectivity index (χ2n) is 6.61. The molecule has 4 rings (SSSR count). The molecule has 1 aliphatic rings. The predicted octanol–water partition coefficient (Wildman–Crippen LogP) is 2.97. The van der Waals surface area contributed by atoms with E-state index in [-0.39, 0.29) is 6.10 Å². The van der Waals surface area contributed by atoms with E-state index in [1.165, 1.54) is 0 Å². The first-order valence-electron chi connectivity index (χ1n) is 8.54. The molecule has 6 nitrogen and oxygen atoms in total. The third-order valence-corrected chi connectivity index (χ3v) is 5.19. The Labute approximate surface area is 151 Å². The van der Waals surface area contributed by atoms with Gasteiger partial charge in [-0.15, -0.1) is 0 Å². The fraction of sp³-hybridized carbons (Fsp3) is 0.444. The Morgan fingerprint density at radius 2 is 2.24 bits per heavy atom. The summed E-state index contributed by atoms with van der Waals surface area (Å²) in [6.07, 6.45) is 5.75. The number of nitrogens with one attached hydrogen (secondary N) is 1. The number of hydrogen-bond acceptors (Lipinski definition) is 4. The van der Waals surface area contributed by atoms with Gasteiger partial charge in [0.15, 0.2) is 0 Å². The molecule has 0 amide bonds. The van der Waals surface area contributed by atoms with Crippen LogP contribution in [0.3, 0.4) is 0 Å². The molecule has 2 aromatic heterocycles. The number of halogens is 1. The van der Waals surface area contributed by atoms with Crippen LogP contribution in [-0.2, 0) is 25.4 Å². The van der Waals surface area contributed by atoms with Crippen LogP contribution in [0.25, 0.3) is 11.0 Å². The fourth-order valence-corrected chi connectivity index (χ4v) is 3.64. The van der Waals surface area contributed by atoms with Crippen molar-refractivity contribution in [2.45, 2.75) is 31.5 Å². The van der Waals surface area contributed by atoms with Crippen molar-refractivity contribution in [3.8, 4) is 0 Å². The normalized spacial score (nSPS) is 21.1. The third-order valence-electron chi connectivity index (χ3n) is 4.95. The predicted molar refractivity (Wildman–Crippen MR) is 97.5 cm³/mol. The van der Waals surface area contributed by atoms with Crippen molar-refractivity contribution in [1.29, 1.82) is 0 Å². The molecule has 3 heterocycles. The first-order valence-corrected chi connectivity index (χ1v) is 8.91. The van der Waals surface area contributed by atoms with Crippen LogP contribution in [0.1, 0.15) is 30.5 Å². The number of nitrogens with zero attached hydrogens (tertiary/aromatic N) is 4. The highest BCUT2D eigenvalue weighted by Gasteiger charge is 2.25. The number of ether oxygens (including phenoxy) is 1. The Hall–Kier alpha value is -1.89. The quantitative estimate of drug-likeness (QED) is 0.778. The lowest BCUT2D eigenvalue weighted by molar-refractivity contribution is -0.00417. The lowest BCUT2D eigenvalue weighted by atomic mass is 10.0. The summed E-state index contributed by atoms with van der Waals surface area (Å²) < 4.78 is 10.1. The Morgan fingerprint density at radius 1 is 1.36 bits per heavy atom. The Kier molecular flexibility index (Phi) is 4.50. The standard InChI is InChI=1S/C18H22ClN5O/c1-23-11-20-9-16(23)17-8-13(5-6-25-17)21-10-18-22-14-4-3-12(19)7-15(14)24(18)2/h3-4,7,9,11,13,17,21H,5-6,8,10H2,1-2H3/t13-,17-/m0/s1. The van der Waals surface area contributed by atoms with Crippen LogP contribution in [0.5, 0.6) is 0 Å². The van der Waals surface area contributed by atoms with Gasteiger partial charge in [-0.2, -0.15) is 0 Å². The van der Waals surface area contributed by atoms with Gasteiger partial charge in [-0.1, -0.05) is 11.6 Å². The van der Waals surface area contributed by atoms with E-state index in [9.17, 15) is 0 Å². The van der Waals surface area contributed by atoms with Crippen LogP contribution in [0.4, 0.5) is 0 Å². The first-order chi connectivity index (χ1) is 12.1. The van der Waals surface area contributed by atoms with Gasteiger partial charge < -0.3 is 19.2 Å². The summed E-state index contributed by atoms with van der Waals surface area (Å²) in [4.78, 5) is 8.91. The first kappa shape index (κ1) is 16.6. The van der Waals surface area contributed by atoms with Gasteiger partial charge in [0.05, 0.1) is 35.8 Å². The molecular weight excluding hydrogens is 338 g/mol. The number of hydrogen-bond donors (Lipinski definition) is 1. The van der Waals surface area contributed by atoms with Gasteiger partial charge in [-0.3, -0.25) is 0 Å². The monoisotopic (exact) mass is 359 g/mol. The van der Waals surface area contributed by atoms with Crippen LogP contribution in [0.2, 0.25) is 5.02 Å². The zero-order valence-electron chi connectivity index (χ0n) is 14.4. The molecule has 0 aliphatic carbocycles. The smallest absolute Gasteiger partial charge is 0.123 e. The maximum Gasteiger partial charge on any atom is 0.123 e. The zero-order valence-corrected chi connectivity index (χ0v) is 15.2. The molecule has 0 unspecified atom stereocenters. The Bertz CT molecular complexity index is 887. The summed E-state index contributed by atoms with van der Waals surface area (Å²) in [6.45, 7) is 1.48. The number of rotatable bonds is 4. The van der Waals surface area contributed by atoms with Crippen LogP contribution >= 0.6 is 11.6 Å². The summed E-state index contributed by atoms with van der Waals surface area (Å²) in [7, 11) is 4.04. The fourth-order valence-electron chi connectivity index (χ4n) is 3.47. The topological polar surface area (TPSA) is 56.9 Å². The van der Waals surface area contributed by atoms with Crippen molar-refractivity contribution in [1.82, 2.24) is 24.4 Å². The second kappa shape index (κ2) is 6.78. The molecule has 1 aromatic carbocycles. The van der Waals surface area contributed by atoms with Crippen molar-refractivity contribution in [3.63, 3.8) is 0 Å². The average molecular weight is 360 g/mol. The van der Waals surface area contributed by atoms with Crippen LogP contribution < -0.4 is 5.32 Å². The number of imidazole rings is 2. The van der Waals surface area contributed by atoms with Gasteiger partial charge in [-0.25, -0.2) is 9.97 Å². The summed E-state index contributed by atoms with van der Waals surface area (Å²) in [5.41, 5.74) is 3.16. The molecule has 25 heavy (non-hydrogen) atoms. The van der Waals surface area contributed by atoms with E-state index in [0.717, 1.165) is 53.6 Å². The van der Waals surface area contributed by atoms with E-state index in [2.05, 4.69) is 14.9 Å². The summed E-state index contributed by atoms with van der Waals surface area (Å²) in [6, 6.07) is 6.20. The lowest BCUT2D eigenvalue weighted by Gasteiger charge is -2.30. The van der Waals surface area contributed by atoms with E-state index >= 15 is 0 Å². The average Bonchev–Trinajstić information content (AvgIpc) is 3.17. The van der Waals surface area contributed by atoms with E-state index in [1.807, 2.05) is 49.4 Å². The molecule has 1 saturated heterocycles. The van der Waals surface area contributed by atoms with Gasteiger partial charge in [0.25, 0.3) is 0 Å². The molecular formula is C18H22ClN5O. The molecule has 7 heteroatoms. The maximum atomic E-state index is 6.10. The molecule has 3 aromatic rings. The van der Waals surface area contributed by atoms with Gasteiger partial charge in [0.2, 0.25) is 0 Å². The summed E-state index contributed by atoms with van der Waals surface area (Å²) in [5.74, 6) is 1.01. The van der Waals surface area contributed by atoms with Crippen molar-refractivity contribution in [2.75, 3.05) is 6.61 Å². The molecule has 0 saturated carbocycles. The highest BCUT2D eigenvalue weighted by molar-refractivity contribution is 6.31. The summed E-state index contributed by atoms with van der Waals surface area (Å²) in [5, 5.41) is 4.37. The molecule has 1 fully saturated rings. The van der Waals surface area contributed by atoms with Crippen molar-refractivity contribution in [3.05, 3.63) is 47.3 Å². The Morgan fingerprint density at radius 3 is 3.04 bits per heavy atom. The van der Waals surface area contributed by atoms with Gasteiger partial charge in [0, 0.05) is 31.8 Å². The third kappa shape index (κ3) is 3.29. The summed E-state index contributed by atoms with van der Waals surface area (Å²) >= 11 is 6.10. The number of fused-ring (bicyclic) bond motifs is 1. The molecule has 2 atom stereocenters. The second-order valence-corrected chi connectivity index (χ2v) is 7.05. The molecule has 0 bridgehead atoms. The minimum absolute atomic E-state index is 0.0954. The van der Waals surface area contributed by atoms with Crippen LogP contribution in [0, 0.1) is 0 Å². The van der Waals surface area contributed by atoms with Gasteiger partial charge in [0.1, 0.15) is 11.9 Å². The van der Waals surface area contributed by atoms with Gasteiger partial charge >= 0.3 is 0 Å². The lowest BCUT2D eigenvalue weighted by Crippen LogP contribution is -2.36. The minimum atomic E-state index is 0.0954. The maximum absolute atomic E-state index is 6.10. The van der Waals surface area contributed by atoms with E-state index in [4.69, 9.17) is 21.3 Å². The molecule has 1 N–H and O–H groups in total. The molecule has 1 aliphatic heterocycles. The van der Waals surface area contributed by atoms with E-state index < -0.39 is 0 Å². The molecule has 0 radical (unpaired) electrons. The minimum Gasteiger partial charge on any atom is -0.372 e. The van der Waals surface area contributed by atoms with Crippen molar-refractivity contribution in [2.24, 2.45) is 14.1 Å². The SMILES string of the molecule is Cn1cncc1[C@@H]1C[C@@H](NCc2nc3ccc(Cl)cc3n2C)CCO1. The zero-order chi connectivity index (χ0) is 17.4. The largest absolute Gasteiger partial charge is 0.372 e. The van der Waals surface area contributed by atoms with Crippen molar-refractivity contribution < 1.29 is 4.74 Å². The molecule has 132 valence electrons. The van der Waals surface area contributed by atoms with Crippen molar-refractivity contribution >= 4 is 22.6 Å². The van der Waals surface area contributed by atoms with E-state index in [1.54, 1.807) is 0 Å². The number of aromatic nitrogens is 4. The van der Waals surface area contributed by atoms with E-state index in [0.29, 0.717) is 6.04 Å². The van der Waals surface area contributed by atoms with Gasteiger partial charge in [-0.05, 0) is 31.0 Å². The highest BCUT2D eigenvalue weighted by atomic mass is 35.5. The highest BCUT2D eigenvalue weighted by Crippen LogP contribution is 2.28.